The van der Waals surface area contributed by atoms with Crippen LogP contribution in [0, 0.1) is 0 Å². The molecule has 2 aromatic rings. The molecule has 0 spiro atoms. The van der Waals surface area contributed by atoms with Gasteiger partial charge in [-0.3, -0.25) is 14.3 Å². The third-order valence-electron chi connectivity index (χ3n) is 3.46. The molecule has 0 unspecified atom stereocenters. The maximum atomic E-state index is 12.4. The van der Waals surface area contributed by atoms with E-state index in [9.17, 15) is 9.59 Å². The molecule has 0 bridgehead atoms. The van der Waals surface area contributed by atoms with Crippen LogP contribution in [0.4, 0.5) is 5.82 Å². The fourth-order valence-electron chi connectivity index (χ4n) is 2.48. The predicted octanol–water partition coefficient (Wildman–Crippen LogP) is 1.47. The topological polar surface area (TPSA) is 93.5 Å². The van der Waals surface area contributed by atoms with Gasteiger partial charge < -0.3 is 15.2 Å². The molecule has 3 rings (SSSR count). The van der Waals surface area contributed by atoms with Crippen molar-refractivity contribution in [3.63, 3.8) is 0 Å². The highest BCUT2D eigenvalue weighted by atomic mass is 16.5. The van der Waals surface area contributed by atoms with Gasteiger partial charge in [0.15, 0.2) is 5.82 Å². The van der Waals surface area contributed by atoms with Gasteiger partial charge >= 0.3 is 5.97 Å². The molecule has 22 heavy (non-hydrogen) atoms. The lowest BCUT2D eigenvalue weighted by atomic mass is 9.92. The van der Waals surface area contributed by atoms with Crippen molar-refractivity contribution in [2.24, 2.45) is 0 Å². The van der Waals surface area contributed by atoms with E-state index >= 15 is 0 Å². The number of amides is 1. The molecule has 114 valence electrons. The van der Waals surface area contributed by atoms with Crippen LogP contribution in [0.3, 0.4) is 0 Å². The largest absolute Gasteiger partial charge is 0.493 e. The fraction of sp³-hybridized carbons (Fsp3) is 0.267. The molecule has 0 aliphatic carbocycles. The highest BCUT2D eigenvalue weighted by Crippen LogP contribution is 2.33. The number of para-hydroxylation sites is 1. The van der Waals surface area contributed by atoms with Crippen molar-refractivity contribution in [3.05, 3.63) is 42.1 Å². The number of carboxylic acids is 1. The number of rotatable bonds is 4. The van der Waals surface area contributed by atoms with E-state index in [4.69, 9.17) is 9.84 Å². The average molecular weight is 301 g/mol. The second kappa shape index (κ2) is 5.88. The Morgan fingerprint density at radius 2 is 2.18 bits per heavy atom. The number of nitrogens with zero attached hydrogens (tertiary/aromatic N) is 2. The smallest absolute Gasteiger partial charge is 0.325 e. The number of aromatic nitrogens is 2. The molecular weight excluding hydrogens is 286 g/mol. The van der Waals surface area contributed by atoms with E-state index in [0.29, 0.717) is 18.8 Å². The van der Waals surface area contributed by atoms with E-state index in [1.165, 1.54) is 10.9 Å². The van der Waals surface area contributed by atoms with Crippen molar-refractivity contribution in [3.8, 4) is 5.75 Å². The van der Waals surface area contributed by atoms with Gasteiger partial charge in [-0.1, -0.05) is 18.2 Å². The molecule has 0 fully saturated rings. The Morgan fingerprint density at radius 1 is 1.36 bits per heavy atom. The fourth-order valence-corrected chi connectivity index (χ4v) is 2.48. The summed E-state index contributed by atoms with van der Waals surface area (Å²) in [6, 6.07) is 9.03. The van der Waals surface area contributed by atoms with E-state index in [2.05, 4.69) is 10.4 Å². The van der Waals surface area contributed by atoms with E-state index < -0.39 is 5.97 Å². The van der Waals surface area contributed by atoms with E-state index in [0.717, 1.165) is 11.3 Å². The van der Waals surface area contributed by atoms with Crippen molar-refractivity contribution >= 4 is 17.7 Å². The van der Waals surface area contributed by atoms with Crippen molar-refractivity contribution < 1.29 is 19.4 Å². The Kier molecular flexibility index (Phi) is 3.78. The van der Waals surface area contributed by atoms with Gasteiger partial charge in [-0.2, -0.15) is 5.10 Å². The van der Waals surface area contributed by atoms with E-state index in [1.807, 2.05) is 24.3 Å². The second-order valence-electron chi connectivity index (χ2n) is 5.01. The van der Waals surface area contributed by atoms with Gasteiger partial charge in [-0.25, -0.2) is 0 Å². The molecule has 0 radical (unpaired) electrons. The first-order chi connectivity index (χ1) is 10.6. The summed E-state index contributed by atoms with van der Waals surface area (Å²) in [6.45, 7) is 0.249. The number of hydrogen-bond donors (Lipinski definition) is 2. The summed E-state index contributed by atoms with van der Waals surface area (Å²) in [5.74, 6) is -0.384. The first-order valence-electron chi connectivity index (χ1n) is 6.91. The van der Waals surface area contributed by atoms with Crippen LogP contribution < -0.4 is 10.1 Å². The van der Waals surface area contributed by atoms with Crippen LogP contribution in [0.2, 0.25) is 0 Å². The molecule has 0 saturated heterocycles. The highest BCUT2D eigenvalue weighted by molar-refractivity contribution is 5.95. The Hall–Kier alpha value is -2.83. The molecule has 1 aliphatic rings. The molecule has 2 N–H and O–H groups in total. The summed E-state index contributed by atoms with van der Waals surface area (Å²) < 4.78 is 6.80. The van der Waals surface area contributed by atoms with Gasteiger partial charge in [0, 0.05) is 17.8 Å². The van der Waals surface area contributed by atoms with Crippen LogP contribution in [0.5, 0.6) is 5.75 Å². The summed E-state index contributed by atoms with van der Waals surface area (Å²) in [4.78, 5) is 23.1. The molecule has 7 heteroatoms. The van der Waals surface area contributed by atoms with Crippen LogP contribution in [0.15, 0.2) is 36.5 Å². The predicted molar refractivity (Wildman–Crippen MR) is 77.8 cm³/mol. The van der Waals surface area contributed by atoms with E-state index in [1.54, 1.807) is 6.07 Å². The summed E-state index contributed by atoms with van der Waals surface area (Å²) in [6.07, 6.45) is 2.11. The van der Waals surface area contributed by atoms with Crippen molar-refractivity contribution in [1.29, 1.82) is 0 Å². The normalized spacial score (nSPS) is 16.5. The number of fused-ring (bicyclic) bond motifs is 1. The number of anilines is 1. The van der Waals surface area contributed by atoms with Crippen LogP contribution in [0.1, 0.15) is 17.9 Å². The lowest BCUT2D eigenvalue weighted by Gasteiger charge is -2.24. The van der Waals surface area contributed by atoms with Crippen LogP contribution in [-0.4, -0.2) is 33.4 Å². The lowest BCUT2D eigenvalue weighted by Crippen LogP contribution is -2.26. The minimum Gasteiger partial charge on any atom is -0.493 e. The van der Waals surface area contributed by atoms with E-state index in [-0.39, 0.29) is 18.4 Å². The van der Waals surface area contributed by atoms with Crippen LogP contribution in [-0.2, 0) is 16.1 Å². The quantitative estimate of drug-likeness (QED) is 0.892. The Balaban J connectivity index is 1.73. The second-order valence-corrected chi connectivity index (χ2v) is 5.01. The zero-order chi connectivity index (χ0) is 15.5. The lowest BCUT2D eigenvalue weighted by molar-refractivity contribution is -0.137. The Morgan fingerprint density at radius 3 is 3.00 bits per heavy atom. The summed E-state index contributed by atoms with van der Waals surface area (Å²) in [5, 5.41) is 15.4. The molecule has 7 nitrogen and oxygen atoms in total. The standard InChI is InChI=1S/C15H15N3O4/c19-14(20)9-18-7-5-13(17-18)16-15(21)11-6-8-22-12-4-2-1-3-10(11)12/h1-5,7,11H,6,8-9H2,(H,19,20)(H,16,17,21)/t11-/m1/s1. The van der Waals surface area contributed by atoms with Crippen LogP contribution in [0.25, 0.3) is 0 Å². The number of nitrogens with one attached hydrogen (secondary N) is 1. The minimum atomic E-state index is -0.987. The van der Waals surface area contributed by atoms with Gasteiger partial charge in [-0.15, -0.1) is 0 Å². The number of ether oxygens (including phenoxy) is 1. The molecule has 1 aliphatic heterocycles. The zero-order valence-corrected chi connectivity index (χ0v) is 11.7. The number of benzene rings is 1. The third-order valence-corrected chi connectivity index (χ3v) is 3.46. The van der Waals surface area contributed by atoms with Crippen molar-refractivity contribution in [1.82, 2.24) is 9.78 Å². The van der Waals surface area contributed by atoms with Crippen molar-refractivity contribution in [2.75, 3.05) is 11.9 Å². The van der Waals surface area contributed by atoms with Crippen molar-refractivity contribution in [2.45, 2.75) is 18.9 Å². The summed E-state index contributed by atoms with van der Waals surface area (Å²) in [5.41, 5.74) is 0.858. The van der Waals surface area contributed by atoms with Gasteiger partial charge in [0.1, 0.15) is 12.3 Å². The SMILES string of the molecule is O=C(O)Cn1ccc(NC(=O)[C@@H]2CCOc3ccccc32)n1. The molecule has 0 saturated carbocycles. The first-order valence-corrected chi connectivity index (χ1v) is 6.91. The van der Waals surface area contributed by atoms with Gasteiger partial charge in [0.2, 0.25) is 5.91 Å². The maximum Gasteiger partial charge on any atom is 0.325 e. The summed E-state index contributed by atoms with van der Waals surface area (Å²) in [7, 11) is 0. The van der Waals surface area contributed by atoms with Gasteiger partial charge in [0.05, 0.1) is 12.5 Å². The molecule has 1 atom stereocenters. The number of carboxylic acid groups (broad SMARTS) is 1. The Labute approximate surface area is 126 Å². The molecule has 1 aromatic heterocycles. The third kappa shape index (κ3) is 2.93. The number of aliphatic carboxylic acids is 1. The maximum absolute atomic E-state index is 12.4. The van der Waals surface area contributed by atoms with Gasteiger partial charge in [0.25, 0.3) is 0 Å². The number of carbonyl (C=O) groups is 2. The van der Waals surface area contributed by atoms with Crippen LogP contribution >= 0.6 is 0 Å². The number of hydrogen-bond acceptors (Lipinski definition) is 4. The molecule has 2 heterocycles. The average Bonchev–Trinajstić information content (AvgIpc) is 2.92. The minimum absolute atomic E-state index is 0.170. The van der Waals surface area contributed by atoms with Gasteiger partial charge in [-0.05, 0) is 12.5 Å². The molecule has 1 aromatic carbocycles. The zero-order valence-electron chi connectivity index (χ0n) is 11.7. The molecule has 1 amide bonds. The highest BCUT2D eigenvalue weighted by Gasteiger charge is 2.27. The first kappa shape index (κ1) is 14.1. The molecular formula is C15H15N3O4. The number of carbonyl (C=O) groups excluding carboxylic acids is 1. The summed E-state index contributed by atoms with van der Waals surface area (Å²) >= 11 is 0. The Bertz CT molecular complexity index is 710. The monoisotopic (exact) mass is 301 g/mol.